The molecule has 0 radical (unpaired) electrons. The van der Waals surface area contributed by atoms with Crippen molar-refractivity contribution in [3.8, 4) is 5.69 Å². The van der Waals surface area contributed by atoms with Gasteiger partial charge in [-0.05, 0) is 53.2 Å². The molecule has 1 aromatic heterocycles. The molecule has 1 unspecified atom stereocenters. The molecule has 34 heavy (non-hydrogen) atoms. The number of nitrogens with zero attached hydrogens (tertiary/aromatic N) is 4. The van der Waals surface area contributed by atoms with Gasteiger partial charge in [-0.1, -0.05) is 54.1 Å². The number of rotatable bonds is 7. The number of hydrogen-bond acceptors (Lipinski definition) is 5. The van der Waals surface area contributed by atoms with Gasteiger partial charge >= 0.3 is 0 Å². The van der Waals surface area contributed by atoms with Gasteiger partial charge in [0.15, 0.2) is 5.82 Å². The first-order valence-corrected chi connectivity index (χ1v) is 10.8. The highest BCUT2D eigenvalue weighted by Gasteiger charge is 2.21. The Hall–Kier alpha value is -4.11. The molecule has 0 aliphatic heterocycles. The third kappa shape index (κ3) is 5.26. The zero-order chi connectivity index (χ0) is 24.1. The van der Waals surface area contributed by atoms with Crippen LogP contribution in [0, 0.1) is 12.7 Å². The van der Waals surface area contributed by atoms with E-state index in [4.69, 9.17) is 11.6 Å². The van der Waals surface area contributed by atoms with E-state index in [1.165, 1.54) is 22.9 Å². The summed E-state index contributed by atoms with van der Waals surface area (Å²) in [6.45, 7) is 1.70. The summed E-state index contributed by atoms with van der Waals surface area (Å²) in [6, 6.07) is 19.2. The standard InChI is InChI=1S/C24H20ClFN6O2/c1-15-29-30-31-32(15)17-11-12-20(26)22(13-17)27-23(33)14-21(16-7-3-2-4-8-16)28-24(34)18-9-5-6-10-19(18)25/h2-13,21H,14H2,1H3,(H,27,33)(H,28,34). The van der Waals surface area contributed by atoms with E-state index >= 15 is 0 Å². The van der Waals surface area contributed by atoms with Crippen LogP contribution in [-0.2, 0) is 4.79 Å². The summed E-state index contributed by atoms with van der Waals surface area (Å²) in [4.78, 5) is 25.7. The number of aromatic nitrogens is 4. The molecule has 0 fully saturated rings. The van der Waals surface area contributed by atoms with E-state index in [1.807, 2.05) is 6.07 Å². The fourth-order valence-electron chi connectivity index (χ4n) is 3.42. The second kappa shape index (κ2) is 10.2. The van der Waals surface area contributed by atoms with Crippen LogP contribution in [0.15, 0.2) is 72.8 Å². The van der Waals surface area contributed by atoms with Crippen molar-refractivity contribution in [3.05, 3.63) is 101 Å². The molecule has 2 N–H and O–H groups in total. The van der Waals surface area contributed by atoms with Gasteiger partial charge in [0.2, 0.25) is 5.91 Å². The van der Waals surface area contributed by atoms with Crippen LogP contribution < -0.4 is 10.6 Å². The minimum absolute atomic E-state index is 0.0263. The van der Waals surface area contributed by atoms with Gasteiger partial charge in [0, 0.05) is 0 Å². The maximum absolute atomic E-state index is 14.4. The molecule has 0 aliphatic rings. The van der Waals surface area contributed by atoms with Crippen molar-refractivity contribution in [2.24, 2.45) is 0 Å². The normalized spacial score (nSPS) is 11.6. The monoisotopic (exact) mass is 478 g/mol. The summed E-state index contributed by atoms with van der Waals surface area (Å²) in [5, 5.41) is 17.0. The van der Waals surface area contributed by atoms with Crippen molar-refractivity contribution in [1.82, 2.24) is 25.5 Å². The van der Waals surface area contributed by atoms with E-state index in [0.29, 0.717) is 22.1 Å². The van der Waals surface area contributed by atoms with Crippen LogP contribution in [-0.4, -0.2) is 32.0 Å². The Bertz CT molecular complexity index is 1330. The van der Waals surface area contributed by atoms with Gasteiger partial charge < -0.3 is 10.6 Å². The highest BCUT2D eigenvalue weighted by Crippen LogP contribution is 2.23. The lowest BCUT2D eigenvalue weighted by atomic mass is 10.0. The van der Waals surface area contributed by atoms with Gasteiger partial charge in [0.05, 0.1) is 34.4 Å². The third-order valence-electron chi connectivity index (χ3n) is 5.11. The first kappa shape index (κ1) is 23.1. The third-order valence-corrected chi connectivity index (χ3v) is 5.44. The molecule has 4 rings (SSSR count). The van der Waals surface area contributed by atoms with E-state index in [9.17, 15) is 14.0 Å². The molecule has 4 aromatic rings. The van der Waals surface area contributed by atoms with Crippen LogP contribution >= 0.6 is 11.6 Å². The molecule has 0 saturated carbocycles. The Labute approximate surface area is 199 Å². The number of anilines is 1. The molecule has 172 valence electrons. The van der Waals surface area contributed by atoms with Gasteiger partial charge in [0.1, 0.15) is 5.82 Å². The molecule has 2 amide bonds. The van der Waals surface area contributed by atoms with E-state index < -0.39 is 23.7 Å². The van der Waals surface area contributed by atoms with Crippen LogP contribution in [0.2, 0.25) is 5.02 Å². The molecule has 0 spiro atoms. The maximum atomic E-state index is 14.4. The number of benzene rings is 3. The zero-order valence-electron chi connectivity index (χ0n) is 18.1. The molecule has 0 saturated heterocycles. The topological polar surface area (TPSA) is 102 Å². The molecule has 0 aliphatic carbocycles. The first-order chi connectivity index (χ1) is 16.4. The van der Waals surface area contributed by atoms with Gasteiger partial charge in [-0.2, -0.15) is 4.68 Å². The van der Waals surface area contributed by atoms with Crippen molar-refractivity contribution < 1.29 is 14.0 Å². The first-order valence-electron chi connectivity index (χ1n) is 10.4. The summed E-state index contributed by atoms with van der Waals surface area (Å²) in [6.07, 6.45) is -0.131. The lowest BCUT2D eigenvalue weighted by Gasteiger charge is -2.20. The molecule has 8 nitrogen and oxygen atoms in total. The number of aryl methyl sites for hydroxylation is 1. The van der Waals surface area contributed by atoms with Crippen LogP contribution in [0.1, 0.15) is 34.2 Å². The lowest BCUT2D eigenvalue weighted by molar-refractivity contribution is -0.116. The van der Waals surface area contributed by atoms with Crippen molar-refractivity contribution >= 4 is 29.1 Å². The Kier molecular flexibility index (Phi) is 6.93. The number of halogens is 2. The summed E-state index contributed by atoms with van der Waals surface area (Å²) < 4.78 is 15.9. The molecule has 3 aromatic carbocycles. The average molecular weight is 479 g/mol. The molecular weight excluding hydrogens is 459 g/mol. The number of carbonyl (C=O) groups excluding carboxylic acids is 2. The van der Waals surface area contributed by atoms with E-state index in [-0.39, 0.29) is 12.1 Å². The minimum atomic E-state index is -0.669. The maximum Gasteiger partial charge on any atom is 0.253 e. The minimum Gasteiger partial charge on any atom is -0.345 e. The van der Waals surface area contributed by atoms with E-state index in [1.54, 1.807) is 55.5 Å². The quantitative estimate of drug-likeness (QED) is 0.413. The predicted octanol–water partition coefficient (Wildman–Crippen LogP) is 4.26. The molecular formula is C24H20ClFN6O2. The smallest absolute Gasteiger partial charge is 0.253 e. The van der Waals surface area contributed by atoms with Crippen LogP contribution in [0.3, 0.4) is 0 Å². The van der Waals surface area contributed by atoms with Gasteiger partial charge in [-0.15, -0.1) is 5.10 Å². The number of amides is 2. The van der Waals surface area contributed by atoms with Gasteiger partial charge in [0.25, 0.3) is 5.91 Å². The molecule has 10 heteroatoms. The predicted molar refractivity (Wildman–Crippen MR) is 125 cm³/mol. The number of tetrazole rings is 1. The number of nitrogens with one attached hydrogen (secondary N) is 2. The van der Waals surface area contributed by atoms with Crippen molar-refractivity contribution in [1.29, 1.82) is 0 Å². The second-order valence-corrected chi connectivity index (χ2v) is 7.88. The SMILES string of the molecule is Cc1nnnn1-c1ccc(F)c(NC(=O)CC(NC(=O)c2ccccc2Cl)c2ccccc2)c1. The molecule has 1 heterocycles. The molecule has 0 bridgehead atoms. The van der Waals surface area contributed by atoms with Crippen LogP contribution in [0.5, 0.6) is 0 Å². The molecule has 1 atom stereocenters. The van der Waals surface area contributed by atoms with Gasteiger partial charge in [-0.3, -0.25) is 9.59 Å². The van der Waals surface area contributed by atoms with E-state index in [2.05, 4.69) is 26.2 Å². The van der Waals surface area contributed by atoms with Gasteiger partial charge in [-0.25, -0.2) is 4.39 Å². The fraction of sp³-hybridized carbons (Fsp3) is 0.125. The highest BCUT2D eigenvalue weighted by molar-refractivity contribution is 6.33. The highest BCUT2D eigenvalue weighted by atomic mass is 35.5. The Morgan fingerprint density at radius 3 is 2.50 bits per heavy atom. The Morgan fingerprint density at radius 1 is 1.06 bits per heavy atom. The summed E-state index contributed by atoms with van der Waals surface area (Å²) in [7, 11) is 0. The van der Waals surface area contributed by atoms with E-state index in [0.717, 1.165) is 5.56 Å². The van der Waals surface area contributed by atoms with Crippen LogP contribution in [0.4, 0.5) is 10.1 Å². The zero-order valence-corrected chi connectivity index (χ0v) is 18.8. The average Bonchev–Trinajstić information content (AvgIpc) is 3.26. The number of carbonyl (C=O) groups is 2. The number of hydrogen-bond donors (Lipinski definition) is 2. The summed E-state index contributed by atoms with van der Waals surface area (Å²) >= 11 is 6.15. The second-order valence-electron chi connectivity index (χ2n) is 7.47. The summed E-state index contributed by atoms with van der Waals surface area (Å²) in [5.74, 6) is -1.01. The largest absolute Gasteiger partial charge is 0.345 e. The fourth-order valence-corrected chi connectivity index (χ4v) is 3.64. The lowest BCUT2D eigenvalue weighted by Crippen LogP contribution is -2.31. The van der Waals surface area contributed by atoms with Crippen molar-refractivity contribution in [2.45, 2.75) is 19.4 Å². The summed E-state index contributed by atoms with van der Waals surface area (Å²) in [5.41, 5.74) is 1.48. The van der Waals surface area contributed by atoms with Crippen molar-refractivity contribution in [3.63, 3.8) is 0 Å². The van der Waals surface area contributed by atoms with Crippen LogP contribution in [0.25, 0.3) is 5.69 Å². The van der Waals surface area contributed by atoms with Crippen molar-refractivity contribution in [2.75, 3.05) is 5.32 Å². The Morgan fingerprint density at radius 2 is 1.79 bits per heavy atom. The Balaban J connectivity index is 1.54.